The smallest absolute Gasteiger partial charge is 0.328 e. The number of hydrogen-bond acceptors (Lipinski definition) is 4. The van der Waals surface area contributed by atoms with Gasteiger partial charge in [0.25, 0.3) is 0 Å². The number of carbonyl (C=O) groups excluding carboxylic acids is 3. The lowest BCUT2D eigenvalue weighted by Crippen LogP contribution is -2.50. The summed E-state index contributed by atoms with van der Waals surface area (Å²) in [4.78, 5) is 46.1. The van der Waals surface area contributed by atoms with Gasteiger partial charge in [0.2, 0.25) is 17.7 Å². The summed E-state index contributed by atoms with van der Waals surface area (Å²) >= 11 is 0. The molecule has 1 aliphatic rings. The lowest BCUT2D eigenvalue weighted by Gasteiger charge is -2.23. The van der Waals surface area contributed by atoms with E-state index in [1.54, 1.807) is 0 Å². The van der Waals surface area contributed by atoms with Crippen molar-refractivity contribution in [3.05, 3.63) is 0 Å². The van der Waals surface area contributed by atoms with Crippen molar-refractivity contribution in [1.29, 1.82) is 0 Å². The van der Waals surface area contributed by atoms with Gasteiger partial charge in [0, 0.05) is 19.8 Å². The summed E-state index contributed by atoms with van der Waals surface area (Å²) in [6.45, 7) is 0.870. The lowest BCUT2D eigenvalue weighted by atomic mass is 10.2. The minimum Gasteiger partial charge on any atom is -0.480 e. The molecule has 1 fully saturated rings. The lowest BCUT2D eigenvalue weighted by molar-refractivity contribution is -0.147. The van der Waals surface area contributed by atoms with E-state index in [-0.39, 0.29) is 31.2 Å². The van der Waals surface area contributed by atoms with Gasteiger partial charge in [-0.15, -0.1) is 0 Å². The van der Waals surface area contributed by atoms with Gasteiger partial charge in [-0.05, 0) is 12.8 Å². The SMILES string of the molecule is CC(=O)NC(CN1C(=O)CCCCC1=O)C(=O)O. The van der Waals surface area contributed by atoms with Crippen molar-refractivity contribution in [2.24, 2.45) is 0 Å². The van der Waals surface area contributed by atoms with E-state index >= 15 is 0 Å². The zero-order valence-electron chi connectivity index (χ0n) is 10.1. The molecule has 1 saturated heterocycles. The summed E-state index contributed by atoms with van der Waals surface area (Å²) in [5.41, 5.74) is 0. The van der Waals surface area contributed by atoms with Crippen LogP contribution >= 0.6 is 0 Å². The second kappa shape index (κ2) is 6.13. The number of nitrogens with zero attached hydrogens (tertiary/aromatic N) is 1. The Labute approximate surface area is 104 Å². The van der Waals surface area contributed by atoms with Crippen molar-refractivity contribution >= 4 is 23.7 Å². The van der Waals surface area contributed by atoms with Crippen LogP contribution < -0.4 is 5.32 Å². The molecule has 0 aliphatic carbocycles. The van der Waals surface area contributed by atoms with E-state index in [1.807, 2.05) is 0 Å². The molecule has 1 rings (SSSR count). The maximum absolute atomic E-state index is 11.7. The van der Waals surface area contributed by atoms with Crippen LogP contribution in [0.15, 0.2) is 0 Å². The number of imide groups is 1. The Morgan fingerprint density at radius 1 is 1.28 bits per heavy atom. The van der Waals surface area contributed by atoms with Crippen LogP contribution in [0.1, 0.15) is 32.6 Å². The molecule has 0 aromatic rings. The molecule has 1 aliphatic heterocycles. The molecule has 7 heteroatoms. The normalized spacial score (nSPS) is 18.2. The molecule has 2 N–H and O–H groups in total. The van der Waals surface area contributed by atoms with E-state index in [1.165, 1.54) is 6.92 Å². The van der Waals surface area contributed by atoms with Crippen LogP contribution in [0.5, 0.6) is 0 Å². The molecule has 100 valence electrons. The molecule has 1 heterocycles. The zero-order chi connectivity index (χ0) is 13.7. The summed E-state index contributed by atoms with van der Waals surface area (Å²) in [5, 5.41) is 11.1. The Bertz CT molecular complexity index is 362. The first-order chi connectivity index (χ1) is 8.41. The molecule has 3 amide bonds. The van der Waals surface area contributed by atoms with E-state index < -0.39 is 17.9 Å². The number of carboxylic acid groups (broad SMARTS) is 1. The third-order valence-corrected chi connectivity index (χ3v) is 2.67. The highest BCUT2D eigenvalue weighted by Crippen LogP contribution is 2.13. The van der Waals surface area contributed by atoms with Gasteiger partial charge in [-0.2, -0.15) is 0 Å². The molecular weight excluding hydrogens is 240 g/mol. The highest BCUT2D eigenvalue weighted by molar-refractivity contribution is 5.96. The first-order valence-electron chi connectivity index (χ1n) is 5.75. The highest BCUT2D eigenvalue weighted by Gasteiger charge is 2.29. The van der Waals surface area contributed by atoms with Crippen LogP contribution in [0.3, 0.4) is 0 Å². The second-order valence-electron chi connectivity index (χ2n) is 4.20. The number of likely N-dealkylation sites (tertiary alicyclic amines) is 1. The van der Waals surface area contributed by atoms with E-state index in [2.05, 4.69) is 5.32 Å². The van der Waals surface area contributed by atoms with Crippen molar-refractivity contribution in [2.45, 2.75) is 38.6 Å². The Kier molecular flexibility index (Phi) is 4.82. The van der Waals surface area contributed by atoms with Gasteiger partial charge in [0.1, 0.15) is 6.04 Å². The number of rotatable bonds is 4. The fourth-order valence-electron chi connectivity index (χ4n) is 1.78. The molecule has 0 bridgehead atoms. The van der Waals surface area contributed by atoms with Gasteiger partial charge in [-0.3, -0.25) is 19.3 Å². The van der Waals surface area contributed by atoms with E-state index in [0.29, 0.717) is 12.8 Å². The zero-order valence-corrected chi connectivity index (χ0v) is 10.1. The highest BCUT2D eigenvalue weighted by atomic mass is 16.4. The maximum Gasteiger partial charge on any atom is 0.328 e. The van der Waals surface area contributed by atoms with Gasteiger partial charge in [-0.25, -0.2) is 4.79 Å². The van der Waals surface area contributed by atoms with Crippen LogP contribution in [0, 0.1) is 0 Å². The Balaban J connectivity index is 2.76. The third-order valence-electron chi connectivity index (χ3n) is 2.67. The van der Waals surface area contributed by atoms with Crippen molar-refractivity contribution < 1.29 is 24.3 Å². The average Bonchev–Trinajstić information content (AvgIpc) is 2.42. The number of nitrogens with one attached hydrogen (secondary N) is 1. The molecule has 0 saturated carbocycles. The Hall–Kier alpha value is -1.92. The molecule has 18 heavy (non-hydrogen) atoms. The Morgan fingerprint density at radius 2 is 1.78 bits per heavy atom. The summed E-state index contributed by atoms with van der Waals surface area (Å²) in [7, 11) is 0. The summed E-state index contributed by atoms with van der Waals surface area (Å²) in [6.07, 6.45) is 1.72. The predicted octanol–water partition coefficient (Wildman–Crippen LogP) is -0.495. The van der Waals surface area contributed by atoms with Crippen molar-refractivity contribution in [3.63, 3.8) is 0 Å². The number of carboxylic acids is 1. The predicted molar refractivity (Wildman–Crippen MR) is 60.4 cm³/mol. The largest absolute Gasteiger partial charge is 0.480 e. The topological polar surface area (TPSA) is 104 Å². The van der Waals surface area contributed by atoms with Crippen LogP contribution in [0.25, 0.3) is 0 Å². The fraction of sp³-hybridized carbons (Fsp3) is 0.636. The van der Waals surface area contributed by atoms with Gasteiger partial charge in [-0.1, -0.05) is 0 Å². The van der Waals surface area contributed by atoms with Crippen LogP contribution in [-0.4, -0.2) is 46.3 Å². The van der Waals surface area contributed by atoms with Crippen LogP contribution in [-0.2, 0) is 19.2 Å². The number of carbonyl (C=O) groups is 4. The molecule has 1 atom stereocenters. The van der Waals surface area contributed by atoms with Crippen molar-refractivity contribution in [3.8, 4) is 0 Å². The molecule has 0 spiro atoms. The standard InChI is InChI=1S/C11H16N2O5/c1-7(14)12-8(11(17)18)6-13-9(15)4-2-3-5-10(13)16/h8H,2-6H2,1H3,(H,12,14)(H,17,18). The first-order valence-corrected chi connectivity index (χ1v) is 5.75. The van der Waals surface area contributed by atoms with Gasteiger partial charge in [0.05, 0.1) is 6.54 Å². The quantitative estimate of drug-likeness (QED) is 0.660. The number of aliphatic carboxylic acids is 1. The first kappa shape index (κ1) is 14.1. The molecular formula is C11H16N2O5. The van der Waals surface area contributed by atoms with E-state index in [9.17, 15) is 19.2 Å². The minimum absolute atomic E-state index is 0.234. The maximum atomic E-state index is 11.7. The van der Waals surface area contributed by atoms with Crippen molar-refractivity contribution in [2.75, 3.05) is 6.54 Å². The van der Waals surface area contributed by atoms with Gasteiger partial charge >= 0.3 is 5.97 Å². The minimum atomic E-state index is -1.27. The molecule has 0 aromatic carbocycles. The summed E-state index contributed by atoms with van der Waals surface area (Å²) in [6, 6.07) is -1.26. The fourth-order valence-corrected chi connectivity index (χ4v) is 1.78. The molecule has 0 radical (unpaired) electrons. The van der Waals surface area contributed by atoms with Crippen LogP contribution in [0.2, 0.25) is 0 Å². The van der Waals surface area contributed by atoms with E-state index in [0.717, 1.165) is 4.90 Å². The average molecular weight is 256 g/mol. The summed E-state index contributed by atoms with van der Waals surface area (Å²) < 4.78 is 0. The monoisotopic (exact) mass is 256 g/mol. The van der Waals surface area contributed by atoms with E-state index in [4.69, 9.17) is 5.11 Å². The molecule has 0 aromatic heterocycles. The number of hydrogen-bond donors (Lipinski definition) is 2. The van der Waals surface area contributed by atoms with Gasteiger partial charge in [0.15, 0.2) is 0 Å². The molecule has 1 unspecified atom stereocenters. The third kappa shape index (κ3) is 3.83. The van der Waals surface area contributed by atoms with Crippen LogP contribution in [0.4, 0.5) is 0 Å². The second-order valence-corrected chi connectivity index (χ2v) is 4.20. The van der Waals surface area contributed by atoms with Crippen molar-refractivity contribution in [1.82, 2.24) is 10.2 Å². The molecule has 7 nitrogen and oxygen atoms in total. The Morgan fingerprint density at radius 3 is 2.17 bits per heavy atom. The number of amides is 3. The van der Waals surface area contributed by atoms with Gasteiger partial charge < -0.3 is 10.4 Å². The summed E-state index contributed by atoms with van der Waals surface area (Å²) in [5.74, 6) is -2.55.